The van der Waals surface area contributed by atoms with Crippen molar-refractivity contribution in [2.24, 2.45) is 4.99 Å². The predicted molar refractivity (Wildman–Crippen MR) is 114 cm³/mol. The first kappa shape index (κ1) is 21.0. The van der Waals surface area contributed by atoms with Crippen LogP contribution in [-0.4, -0.2) is 55.7 Å². The van der Waals surface area contributed by atoms with Gasteiger partial charge in [0.15, 0.2) is 5.96 Å². The van der Waals surface area contributed by atoms with Gasteiger partial charge in [0.2, 0.25) is 5.91 Å². The lowest BCUT2D eigenvalue weighted by Gasteiger charge is -2.28. The predicted octanol–water partition coefficient (Wildman–Crippen LogP) is 1.92. The van der Waals surface area contributed by atoms with E-state index in [9.17, 15) is 4.79 Å². The van der Waals surface area contributed by atoms with Crippen LogP contribution in [-0.2, 0) is 22.5 Å². The van der Waals surface area contributed by atoms with E-state index in [4.69, 9.17) is 4.74 Å². The number of nitrogens with zero attached hydrogens (tertiary/aromatic N) is 2. The molecule has 2 N–H and O–H groups in total. The smallest absolute Gasteiger partial charge is 0.244 e. The van der Waals surface area contributed by atoms with Gasteiger partial charge in [-0.15, -0.1) is 24.0 Å². The Morgan fingerprint density at radius 3 is 2.85 bits per heavy atom. The highest BCUT2D eigenvalue weighted by molar-refractivity contribution is 14.0. The van der Waals surface area contributed by atoms with Crippen molar-refractivity contribution in [1.82, 2.24) is 15.5 Å². The number of fused-ring (bicyclic) bond motifs is 1. The number of aliphatic imine (C=N–C) groups is 1. The summed E-state index contributed by atoms with van der Waals surface area (Å²) in [5, 5.41) is 6.47. The molecule has 6 nitrogen and oxygen atoms in total. The van der Waals surface area contributed by atoms with Crippen LogP contribution in [0.5, 0.6) is 0 Å². The van der Waals surface area contributed by atoms with Gasteiger partial charge in [0.05, 0.1) is 6.10 Å². The van der Waals surface area contributed by atoms with E-state index in [1.807, 2.05) is 17.9 Å². The molecular weight excluding hydrogens is 443 g/mol. The van der Waals surface area contributed by atoms with E-state index >= 15 is 0 Å². The summed E-state index contributed by atoms with van der Waals surface area (Å²) in [6.07, 6.45) is 3.37. The van der Waals surface area contributed by atoms with Gasteiger partial charge < -0.3 is 20.3 Å². The molecule has 0 aromatic heterocycles. The zero-order chi connectivity index (χ0) is 17.5. The maximum Gasteiger partial charge on any atom is 0.244 e. The van der Waals surface area contributed by atoms with Gasteiger partial charge in [0, 0.05) is 32.8 Å². The lowest BCUT2D eigenvalue weighted by molar-refractivity contribution is -0.130. The lowest BCUT2D eigenvalue weighted by Crippen LogP contribution is -2.42. The molecule has 26 heavy (non-hydrogen) atoms. The molecule has 7 heteroatoms. The number of guanidine groups is 1. The van der Waals surface area contributed by atoms with Gasteiger partial charge in [-0.05, 0) is 37.3 Å². The Morgan fingerprint density at radius 2 is 2.12 bits per heavy atom. The summed E-state index contributed by atoms with van der Waals surface area (Å²) >= 11 is 0. The number of amides is 1. The molecule has 2 heterocycles. The molecule has 1 amide bonds. The Kier molecular flexibility index (Phi) is 8.64. The molecule has 1 fully saturated rings. The van der Waals surface area contributed by atoms with Crippen LogP contribution >= 0.6 is 24.0 Å². The Balaban J connectivity index is 0.00000243. The fourth-order valence-corrected chi connectivity index (χ4v) is 3.31. The van der Waals surface area contributed by atoms with Crippen LogP contribution in [0, 0.1) is 0 Å². The second kappa shape index (κ2) is 10.7. The number of carbonyl (C=O) groups excluding carboxylic acids is 1. The first-order valence-corrected chi connectivity index (χ1v) is 9.24. The first-order chi connectivity index (χ1) is 12.3. The van der Waals surface area contributed by atoms with Crippen molar-refractivity contribution in [3.8, 4) is 0 Å². The normalized spacial score (nSPS) is 19.5. The number of halogens is 1. The first-order valence-electron chi connectivity index (χ1n) is 9.24. The van der Waals surface area contributed by atoms with Crippen LogP contribution < -0.4 is 10.6 Å². The van der Waals surface area contributed by atoms with E-state index in [-0.39, 0.29) is 42.5 Å². The number of hydrogen-bond acceptors (Lipinski definition) is 3. The molecule has 1 atom stereocenters. The lowest BCUT2D eigenvalue weighted by atomic mass is 10.00. The number of hydrogen-bond donors (Lipinski definition) is 2. The molecule has 3 rings (SSSR count). The molecule has 1 aromatic carbocycles. The Morgan fingerprint density at radius 1 is 1.31 bits per heavy atom. The maximum atomic E-state index is 12.5. The molecule has 144 valence electrons. The molecule has 1 unspecified atom stereocenters. The van der Waals surface area contributed by atoms with E-state index in [0.717, 1.165) is 45.5 Å². The van der Waals surface area contributed by atoms with Crippen LogP contribution in [0.25, 0.3) is 0 Å². The number of benzene rings is 1. The fraction of sp³-hybridized carbons (Fsp3) is 0.579. The van der Waals surface area contributed by atoms with Crippen molar-refractivity contribution < 1.29 is 9.53 Å². The molecule has 0 bridgehead atoms. The summed E-state index contributed by atoms with van der Waals surface area (Å²) in [5.74, 6) is 0.757. The van der Waals surface area contributed by atoms with Gasteiger partial charge in [0.1, 0.15) is 6.54 Å². The number of rotatable bonds is 5. The molecule has 1 saturated heterocycles. The summed E-state index contributed by atoms with van der Waals surface area (Å²) < 4.78 is 5.62. The molecule has 2 aliphatic heterocycles. The highest BCUT2D eigenvalue weighted by atomic mass is 127. The SMILES string of the molecule is CCNC(=NCC(=O)N1CCc2ccccc2C1)NCC1CCCO1.I. The van der Waals surface area contributed by atoms with Gasteiger partial charge in [0.25, 0.3) is 0 Å². The van der Waals surface area contributed by atoms with E-state index in [2.05, 4.69) is 33.8 Å². The molecule has 1 aromatic rings. The average Bonchev–Trinajstić information content (AvgIpc) is 3.17. The quantitative estimate of drug-likeness (QED) is 0.391. The van der Waals surface area contributed by atoms with Crippen molar-refractivity contribution in [2.75, 3.05) is 32.8 Å². The summed E-state index contributed by atoms with van der Waals surface area (Å²) in [7, 11) is 0. The van der Waals surface area contributed by atoms with E-state index in [0.29, 0.717) is 12.5 Å². The van der Waals surface area contributed by atoms with Crippen LogP contribution in [0.4, 0.5) is 0 Å². The minimum Gasteiger partial charge on any atom is -0.376 e. The number of carbonyl (C=O) groups is 1. The van der Waals surface area contributed by atoms with Crippen LogP contribution in [0.2, 0.25) is 0 Å². The average molecular weight is 472 g/mol. The standard InChI is InChI=1S/C19H28N4O2.HI/c1-2-20-19(21-12-17-8-5-11-25-17)22-13-18(24)23-10-9-15-6-3-4-7-16(15)14-23;/h3-4,6-7,17H,2,5,8-14H2,1H3,(H2,20,21,22);1H. The van der Waals surface area contributed by atoms with Crippen molar-refractivity contribution in [3.63, 3.8) is 0 Å². The monoisotopic (exact) mass is 472 g/mol. The zero-order valence-corrected chi connectivity index (χ0v) is 17.7. The second-order valence-corrected chi connectivity index (χ2v) is 6.55. The molecule has 0 saturated carbocycles. The van der Waals surface area contributed by atoms with Crippen LogP contribution in [0.15, 0.2) is 29.3 Å². The number of nitrogens with one attached hydrogen (secondary N) is 2. The second-order valence-electron chi connectivity index (χ2n) is 6.55. The summed E-state index contributed by atoms with van der Waals surface area (Å²) in [6.45, 7) is 5.99. The minimum atomic E-state index is 0. The topological polar surface area (TPSA) is 66.0 Å². The molecule has 0 radical (unpaired) electrons. The highest BCUT2D eigenvalue weighted by Gasteiger charge is 2.20. The molecule has 0 spiro atoms. The van der Waals surface area contributed by atoms with Gasteiger partial charge in [-0.1, -0.05) is 24.3 Å². The molecule has 0 aliphatic carbocycles. The Labute approximate surface area is 172 Å². The van der Waals surface area contributed by atoms with Gasteiger partial charge in [-0.25, -0.2) is 4.99 Å². The van der Waals surface area contributed by atoms with Crippen LogP contribution in [0.1, 0.15) is 30.9 Å². The summed E-state index contributed by atoms with van der Waals surface area (Å²) in [5.41, 5.74) is 2.59. The van der Waals surface area contributed by atoms with E-state index < -0.39 is 0 Å². The van der Waals surface area contributed by atoms with E-state index in [1.54, 1.807) is 0 Å². The third-order valence-electron chi connectivity index (χ3n) is 4.72. The van der Waals surface area contributed by atoms with E-state index in [1.165, 1.54) is 11.1 Å². The van der Waals surface area contributed by atoms with Gasteiger partial charge >= 0.3 is 0 Å². The van der Waals surface area contributed by atoms with Gasteiger partial charge in [-0.3, -0.25) is 4.79 Å². The third-order valence-corrected chi connectivity index (χ3v) is 4.72. The maximum absolute atomic E-state index is 12.5. The molecule has 2 aliphatic rings. The highest BCUT2D eigenvalue weighted by Crippen LogP contribution is 2.18. The van der Waals surface area contributed by atoms with Gasteiger partial charge in [-0.2, -0.15) is 0 Å². The Bertz CT molecular complexity index is 617. The Hall–Kier alpha value is -1.35. The summed E-state index contributed by atoms with van der Waals surface area (Å²) in [4.78, 5) is 18.9. The van der Waals surface area contributed by atoms with Crippen molar-refractivity contribution in [3.05, 3.63) is 35.4 Å². The zero-order valence-electron chi connectivity index (χ0n) is 15.4. The van der Waals surface area contributed by atoms with Crippen molar-refractivity contribution in [2.45, 2.75) is 38.8 Å². The minimum absolute atomic E-state index is 0. The molecular formula is C19H29IN4O2. The fourth-order valence-electron chi connectivity index (χ4n) is 3.31. The van der Waals surface area contributed by atoms with Crippen molar-refractivity contribution in [1.29, 1.82) is 0 Å². The largest absolute Gasteiger partial charge is 0.376 e. The summed E-state index contributed by atoms with van der Waals surface area (Å²) in [6, 6.07) is 8.34. The third kappa shape index (κ3) is 5.84. The van der Waals surface area contributed by atoms with Crippen LogP contribution in [0.3, 0.4) is 0 Å². The number of ether oxygens (including phenoxy) is 1. The van der Waals surface area contributed by atoms with Crippen molar-refractivity contribution >= 4 is 35.8 Å².